The zero-order chi connectivity index (χ0) is 17.9. The van der Waals surface area contributed by atoms with Crippen molar-refractivity contribution < 1.29 is 28.3 Å². The number of carbonyl (C=O) groups is 1. The van der Waals surface area contributed by atoms with Crippen molar-refractivity contribution in [2.24, 2.45) is 0 Å². The van der Waals surface area contributed by atoms with E-state index in [0.717, 1.165) is 36.4 Å². The van der Waals surface area contributed by atoms with Crippen LogP contribution in [-0.2, 0) is 0 Å². The van der Waals surface area contributed by atoms with E-state index in [1.807, 2.05) is 0 Å². The number of ether oxygens (including phenoxy) is 1. The first-order valence-electron chi connectivity index (χ1n) is 6.54. The first-order chi connectivity index (χ1) is 11.3. The molecule has 0 aliphatic rings. The molecule has 0 saturated heterocycles. The fourth-order valence-corrected chi connectivity index (χ4v) is 1.94. The normalized spacial score (nSPS) is 10.8. The van der Waals surface area contributed by atoms with Crippen molar-refractivity contribution in [2.75, 3.05) is 7.11 Å². The average molecular weight is 334 g/mol. The molecule has 0 unspecified atom stereocenters. The van der Waals surface area contributed by atoms with E-state index in [2.05, 4.69) is 0 Å². The van der Waals surface area contributed by atoms with Crippen molar-refractivity contribution in [3.05, 3.63) is 69.3 Å². The van der Waals surface area contributed by atoms with Crippen LogP contribution >= 0.6 is 0 Å². The SMILES string of the molecule is COc1cc(/C=C/C(=O)c2cc(F)ccc2F)cc([N+](=O)[O-])c1[O-]. The second kappa shape index (κ2) is 6.86. The number of halogens is 2. The van der Waals surface area contributed by atoms with E-state index in [4.69, 9.17) is 4.74 Å². The van der Waals surface area contributed by atoms with Crippen LogP contribution in [0.3, 0.4) is 0 Å². The van der Waals surface area contributed by atoms with Crippen LogP contribution in [0.15, 0.2) is 36.4 Å². The first-order valence-corrected chi connectivity index (χ1v) is 6.54. The van der Waals surface area contributed by atoms with Gasteiger partial charge in [0.15, 0.2) is 5.78 Å². The Morgan fingerprint density at radius 3 is 2.58 bits per heavy atom. The number of carbonyl (C=O) groups excluding carboxylic acids is 1. The van der Waals surface area contributed by atoms with E-state index in [-0.39, 0.29) is 11.3 Å². The number of rotatable bonds is 5. The predicted octanol–water partition coefficient (Wildman–Crippen LogP) is 2.85. The van der Waals surface area contributed by atoms with Crippen LogP contribution in [-0.4, -0.2) is 17.8 Å². The molecule has 0 atom stereocenters. The van der Waals surface area contributed by atoms with Gasteiger partial charge in [-0.3, -0.25) is 14.9 Å². The van der Waals surface area contributed by atoms with Gasteiger partial charge in [0.1, 0.15) is 17.4 Å². The highest BCUT2D eigenvalue weighted by atomic mass is 19.1. The molecule has 8 heteroatoms. The number of hydrogen-bond acceptors (Lipinski definition) is 5. The second-order valence-electron chi connectivity index (χ2n) is 4.65. The summed E-state index contributed by atoms with van der Waals surface area (Å²) in [5.74, 6) is -3.68. The monoisotopic (exact) mass is 334 g/mol. The van der Waals surface area contributed by atoms with Gasteiger partial charge in [0.2, 0.25) is 0 Å². The Labute approximate surface area is 134 Å². The number of hydrogen-bond donors (Lipinski definition) is 0. The Hall–Kier alpha value is -3.29. The Bertz CT molecular complexity index is 849. The summed E-state index contributed by atoms with van der Waals surface area (Å²) in [6.07, 6.45) is 2.06. The van der Waals surface area contributed by atoms with Gasteiger partial charge in [0.25, 0.3) is 5.69 Å². The standard InChI is InChI=1S/C16H11F2NO5/c1-24-15-7-9(6-13(16(15)21)19(22)23)2-5-14(20)11-8-10(17)3-4-12(11)18/h2-8,21H,1H3/p-1/b5-2+. The number of benzene rings is 2. The number of nitrogens with zero attached hydrogens (tertiary/aromatic N) is 1. The van der Waals surface area contributed by atoms with E-state index < -0.39 is 39.3 Å². The molecule has 0 aliphatic heterocycles. The summed E-state index contributed by atoms with van der Waals surface area (Å²) >= 11 is 0. The minimum atomic E-state index is -0.901. The molecule has 2 rings (SSSR count). The van der Waals surface area contributed by atoms with Crippen molar-refractivity contribution in [1.82, 2.24) is 0 Å². The smallest absolute Gasteiger partial charge is 0.266 e. The number of ketones is 1. The lowest BCUT2D eigenvalue weighted by Crippen LogP contribution is -2.02. The number of allylic oxidation sites excluding steroid dienone is 1. The quantitative estimate of drug-likeness (QED) is 0.363. The van der Waals surface area contributed by atoms with Crippen LogP contribution in [0.1, 0.15) is 15.9 Å². The van der Waals surface area contributed by atoms with Gasteiger partial charge in [-0.1, -0.05) is 6.08 Å². The van der Waals surface area contributed by atoms with E-state index in [0.29, 0.717) is 0 Å². The third-order valence-corrected chi connectivity index (χ3v) is 3.10. The third-order valence-electron chi connectivity index (χ3n) is 3.10. The third kappa shape index (κ3) is 3.54. The molecule has 0 aromatic heterocycles. The summed E-state index contributed by atoms with van der Waals surface area (Å²) in [6, 6.07) is 4.58. The maximum Gasteiger partial charge on any atom is 0.266 e. The van der Waals surface area contributed by atoms with Gasteiger partial charge < -0.3 is 9.84 Å². The van der Waals surface area contributed by atoms with Gasteiger partial charge in [-0.15, -0.1) is 0 Å². The van der Waals surface area contributed by atoms with Crippen LogP contribution in [0, 0.1) is 21.7 Å². The number of nitro benzene ring substituents is 1. The Balaban J connectivity index is 2.38. The summed E-state index contributed by atoms with van der Waals surface area (Å²) in [7, 11) is 1.17. The van der Waals surface area contributed by atoms with Crippen LogP contribution in [0.25, 0.3) is 6.08 Å². The van der Waals surface area contributed by atoms with Crippen LogP contribution in [0.5, 0.6) is 11.5 Å². The summed E-state index contributed by atoms with van der Waals surface area (Å²) in [4.78, 5) is 21.9. The summed E-state index contributed by atoms with van der Waals surface area (Å²) in [5.41, 5.74) is -1.07. The van der Waals surface area contributed by atoms with Gasteiger partial charge in [-0.2, -0.15) is 0 Å². The molecule has 0 amide bonds. The molecule has 0 fully saturated rings. The van der Waals surface area contributed by atoms with Gasteiger partial charge in [-0.25, -0.2) is 8.78 Å². The van der Waals surface area contributed by atoms with Crippen LogP contribution < -0.4 is 9.84 Å². The number of nitro groups is 1. The van der Waals surface area contributed by atoms with Gasteiger partial charge in [0, 0.05) is 11.8 Å². The highest BCUT2D eigenvalue weighted by Crippen LogP contribution is 2.34. The average Bonchev–Trinajstić information content (AvgIpc) is 2.55. The molecule has 6 nitrogen and oxygen atoms in total. The molecule has 0 radical (unpaired) electrons. The van der Waals surface area contributed by atoms with Crippen molar-refractivity contribution in [1.29, 1.82) is 0 Å². The molecule has 2 aromatic carbocycles. The lowest BCUT2D eigenvalue weighted by molar-refractivity contribution is -0.398. The van der Waals surface area contributed by atoms with Crippen molar-refractivity contribution in [3.8, 4) is 11.5 Å². The molecule has 0 heterocycles. The maximum absolute atomic E-state index is 13.5. The topological polar surface area (TPSA) is 92.5 Å². The molecule has 0 saturated carbocycles. The fourth-order valence-electron chi connectivity index (χ4n) is 1.94. The van der Waals surface area contributed by atoms with Crippen LogP contribution in [0.2, 0.25) is 0 Å². The molecule has 2 aromatic rings. The minimum absolute atomic E-state index is 0.128. The first kappa shape index (κ1) is 17.1. The Morgan fingerprint density at radius 2 is 1.96 bits per heavy atom. The van der Waals surface area contributed by atoms with E-state index in [1.54, 1.807) is 0 Å². The molecule has 124 valence electrons. The molecule has 0 bridgehead atoms. The molecular formula is C16H10F2NO5-. The lowest BCUT2D eigenvalue weighted by atomic mass is 10.1. The molecule has 0 aliphatic carbocycles. The summed E-state index contributed by atoms with van der Waals surface area (Å²) in [5, 5.41) is 22.5. The molecular weight excluding hydrogens is 324 g/mol. The van der Waals surface area contributed by atoms with Gasteiger partial charge >= 0.3 is 0 Å². The van der Waals surface area contributed by atoms with Crippen LogP contribution in [0.4, 0.5) is 14.5 Å². The van der Waals surface area contributed by atoms with E-state index >= 15 is 0 Å². The predicted molar refractivity (Wildman–Crippen MR) is 78.8 cm³/mol. The largest absolute Gasteiger partial charge is 0.865 e. The highest BCUT2D eigenvalue weighted by molar-refractivity contribution is 6.07. The lowest BCUT2D eigenvalue weighted by Gasteiger charge is -2.13. The highest BCUT2D eigenvalue weighted by Gasteiger charge is 2.14. The molecule has 24 heavy (non-hydrogen) atoms. The van der Waals surface area contributed by atoms with Crippen molar-refractivity contribution in [2.45, 2.75) is 0 Å². The Kier molecular flexibility index (Phi) is 4.88. The van der Waals surface area contributed by atoms with E-state index in [9.17, 15) is 28.8 Å². The fraction of sp³-hybridized carbons (Fsp3) is 0.0625. The zero-order valence-corrected chi connectivity index (χ0v) is 12.3. The molecule has 0 N–H and O–H groups in total. The Morgan fingerprint density at radius 1 is 1.25 bits per heavy atom. The van der Waals surface area contributed by atoms with E-state index in [1.165, 1.54) is 13.2 Å². The number of methoxy groups -OCH3 is 1. The van der Waals surface area contributed by atoms with Gasteiger partial charge in [-0.05, 0) is 35.9 Å². The zero-order valence-electron chi connectivity index (χ0n) is 12.3. The van der Waals surface area contributed by atoms with Crippen molar-refractivity contribution in [3.63, 3.8) is 0 Å². The second-order valence-corrected chi connectivity index (χ2v) is 4.65. The maximum atomic E-state index is 13.5. The molecule has 0 spiro atoms. The minimum Gasteiger partial charge on any atom is -0.865 e. The summed E-state index contributed by atoms with van der Waals surface area (Å²) < 4.78 is 31.4. The van der Waals surface area contributed by atoms with Gasteiger partial charge in [0.05, 0.1) is 17.6 Å². The van der Waals surface area contributed by atoms with Crippen molar-refractivity contribution >= 4 is 17.5 Å². The summed E-state index contributed by atoms with van der Waals surface area (Å²) in [6.45, 7) is 0.